The topological polar surface area (TPSA) is 66.2 Å². The van der Waals surface area contributed by atoms with Gasteiger partial charge in [0.15, 0.2) is 0 Å². The van der Waals surface area contributed by atoms with Crippen molar-refractivity contribution in [3.8, 4) is 11.9 Å². The molecule has 2 heterocycles. The van der Waals surface area contributed by atoms with Crippen LogP contribution in [0.4, 0.5) is 0 Å². The summed E-state index contributed by atoms with van der Waals surface area (Å²) in [6, 6.07) is 5.47. The molecule has 3 rings (SSSR count). The highest BCUT2D eigenvalue weighted by atomic mass is 16.5. The maximum atomic E-state index is 12.3. The lowest BCUT2D eigenvalue weighted by Gasteiger charge is -2.41. The fraction of sp³-hybridized carbons (Fsp3) is 0.562. The fourth-order valence-electron chi connectivity index (χ4n) is 3.03. The number of ether oxygens (including phenoxy) is 1. The number of amides is 1. The van der Waals surface area contributed by atoms with Crippen LogP contribution in [-0.2, 0) is 4.79 Å². The Balaban J connectivity index is 1.51. The molecule has 0 atom stereocenters. The van der Waals surface area contributed by atoms with Crippen LogP contribution in [0.1, 0.15) is 37.7 Å². The Labute approximate surface area is 124 Å². The fourth-order valence-corrected chi connectivity index (χ4v) is 3.03. The second kappa shape index (κ2) is 6.13. The van der Waals surface area contributed by atoms with Gasteiger partial charge in [-0.25, -0.2) is 4.98 Å². The average molecular weight is 285 g/mol. The van der Waals surface area contributed by atoms with Crippen LogP contribution in [-0.4, -0.2) is 35.0 Å². The number of carbonyl (C=O) groups is 1. The number of hydrogen-bond donors (Lipinski definition) is 0. The predicted octanol–water partition coefficient (Wildman–Crippen LogP) is 2.12. The molecule has 0 spiro atoms. The number of nitriles is 1. The van der Waals surface area contributed by atoms with Gasteiger partial charge in [0, 0.05) is 12.1 Å². The monoisotopic (exact) mass is 285 g/mol. The molecule has 1 aliphatic heterocycles. The van der Waals surface area contributed by atoms with Crippen molar-refractivity contribution in [3.63, 3.8) is 0 Å². The highest BCUT2D eigenvalue weighted by Gasteiger charge is 2.36. The molecule has 0 bridgehead atoms. The molecule has 1 aromatic heterocycles. The van der Waals surface area contributed by atoms with Crippen molar-refractivity contribution in [2.45, 2.75) is 38.2 Å². The van der Waals surface area contributed by atoms with E-state index in [9.17, 15) is 4.79 Å². The first-order valence-electron chi connectivity index (χ1n) is 7.58. The molecule has 2 fully saturated rings. The summed E-state index contributed by atoms with van der Waals surface area (Å²) in [6.07, 6.45) is 7.22. The number of pyridine rings is 1. The standard InChI is InChI=1S/C16H19N3O2/c17-9-13-7-4-8-18-15(13)21-14-10-19(11-14)16(20)12-5-2-1-3-6-12/h4,7-8,12,14H,1-3,5-6,10-11H2. The summed E-state index contributed by atoms with van der Waals surface area (Å²) < 4.78 is 5.71. The van der Waals surface area contributed by atoms with Crippen molar-refractivity contribution >= 4 is 5.91 Å². The van der Waals surface area contributed by atoms with Crippen LogP contribution in [0.5, 0.6) is 5.88 Å². The molecule has 21 heavy (non-hydrogen) atoms. The number of carbonyl (C=O) groups excluding carboxylic acids is 1. The third-order valence-corrected chi connectivity index (χ3v) is 4.28. The Morgan fingerprint density at radius 1 is 1.33 bits per heavy atom. The molecule has 1 saturated carbocycles. The Morgan fingerprint density at radius 2 is 2.10 bits per heavy atom. The van der Waals surface area contributed by atoms with Gasteiger partial charge in [-0.2, -0.15) is 5.26 Å². The smallest absolute Gasteiger partial charge is 0.232 e. The summed E-state index contributed by atoms with van der Waals surface area (Å²) in [5.74, 6) is 0.857. The van der Waals surface area contributed by atoms with Crippen molar-refractivity contribution in [2.75, 3.05) is 13.1 Å². The number of aromatic nitrogens is 1. The summed E-state index contributed by atoms with van der Waals surface area (Å²) in [5, 5.41) is 9.00. The van der Waals surface area contributed by atoms with Gasteiger partial charge in [-0.05, 0) is 25.0 Å². The van der Waals surface area contributed by atoms with Crippen LogP contribution in [0.25, 0.3) is 0 Å². The zero-order chi connectivity index (χ0) is 14.7. The van der Waals surface area contributed by atoms with E-state index in [1.165, 1.54) is 19.3 Å². The second-order valence-corrected chi connectivity index (χ2v) is 5.79. The van der Waals surface area contributed by atoms with Crippen LogP contribution in [0.3, 0.4) is 0 Å². The van der Waals surface area contributed by atoms with Gasteiger partial charge in [-0.3, -0.25) is 4.79 Å². The van der Waals surface area contributed by atoms with E-state index < -0.39 is 0 Å². The van der Waals surface area contributed by atoms with Crippen molar-refractivity contribution in [3.05, 3.63) is 23.9 Å². The van der Waals surface area contributed by atoms with Crippen LogP contribution >= 0.6 is 0 Å². The Bertz CT molecular complexity index is 555. The van der Waals surface area contributed by atoms with Gasteiger partial charge >= 0.3 is 0 Å². The second-order valence-electron chi connectivity index (χ2n) is 5.79. The third kappa shape index (κ3) is 2.99. The lowest BCUT2D eigenvalue weighted by atomic mass is 9.87. The van der Waals surface area contributed by atoms with Gasteiger partial charge < -0.3 is 9.64 Å². The molecule has 0 radical (unpaired) electrons. The van der Waals surface area contributed by atoms with Crippen LogP contribution in [0.2, 0.25) is 0 Å². The van der Waals surface area contributed by atoms with Gasteiger partial charge in [0.25, 0.3) is 0 Å². The van der Waals surface area contributed by atoms with E-state index in [4.69, 9.17) is 10.00 Å². The molecule has 0 aromatic carbocycles. The number of nitrogens with zero attached hydrogens (tertiary/aromatic N) is 3. The first-order valence-corrected chi connectivity index (χ1v) is 7.58. The SMILES string of the molecule is N#Cc1cccnc1OC1CN(C(=O)C2CCCCC2)C1. The average Bonchev–Trinajstić information content (AvgIpc) is 2.51. The zero-order valence-corrected chi connectivity index (χ0v) is 12.0. The van der Waals surface area contributed by atoms with Gasteiger partial charge in [0.1, 0.15) is 17.7 Å². The van der Waals surface area contributed by atoms with Gasteiger partial charge in [-0.1, -0.05) is 19.3 Å². The first kappa shape index (κ1) is 13.9. The molecule has 5 nitrogen and oxygen atoms in total. The van der Waals surface area contributed by atoms with Gasteiger partial charge in [0.05, 0.1) is 13.1 Å². The third-order valence-electron chi connectivity index (χ3n) is 4.28. The predicted molar refractivity (Wildman–Crippen MR) is 76.5 cm³/mol. The molecular weight excluding hydrogens is 266 g/mol. The molecule has 0 N–H and O–H groups in total. The molecule has 0 unspecified atom stereocenters. The molecule has 1 saturated heterocycles. The molecule has 1 aliphatic carbocycles. The maximum Gasteiger partial charge on any atom is 0.232 e. The molecular formula is C16H19N3O2. The molecule has 1 aromatic rings. The Kier molecular flexibility index (Phi) is 4.05. The van der Waals surface area contributed by atoms with E-state index in [0.29, 0.717) is 24.5 Å². The highest BCUT2D eigenvalue weighted by Crippen LogP contribution is 2.28. The number of hydrogen-bond acceptors (Lipinski definition) is 4. The Morgan fingerprint density at radius 3 is 2.81 bits per heavy atom. The van der Waals surface area contributed by atoms with Crippen molar-refractivity contribution in [1.82, 2.24) is 9.88 Å². The number of likely N-dealkylation sites (tertiary alicyclic amines) is 1. The van der Waals surface area contributed by atoms with E-state index >= 15 is 0 Å². The number of rotatable bonds is 3. The van der Waals surface area contributed by atoms with Gasteiger partial charge in [0.2, 0.25) is 11.8 Å². The summed E-state index contributed by atoms with van der Waals surface area (Å²) >= 11 is 0. The van der Waals surface area contributed by atoms with Crippen LogP contribution in [0, 0.1) is 17.2 Å². The largest absolute Gasteiger partial charge is 0.470 e. The zero-order valence-electron chi connectivity index (χ0n) is 12.0. The van der Waals surface area contributed by atoms with E-state index in [1.54, 1.807) is 18.3 Å². The van der Waals surface area contributed by atoms with E-state index in [0.717, 1.165) is 12.8 Å². The Hall–Kier alpha value is -2.09. The highest BCUT2D eigenvalue weighted by molar-refractivity contribution is 5.79. The summed E-state index contributed by atoms with van der Waals surface area (Å²) in [6.45, 7) is 1.22. The van der Waals surface area contributed by atoms with Crippen molar-refractivity contribution in [2.24, 2.45) is 5.92 Å². The minimum atomic E-state index is -0.0421. The molecule has 2 aliphatic rings. The first-order chi connectivity index (χ1) is 10.3. The lowest BCUT2D eigenvalue weighted by Crippen LogP contribution is -2.57. The lowest BCUT2D eigenvalue weighted by molar-refractivity contribution is -0.145. The van der Waals surface area contributed by atoms with Crippen LogP contribution < -0.4 is 4.74 Å². The summed E-state index contributed by atoms with van der Waals surface area (Å²) in [5.41, 5.74) is 0.439. The van der Waals surface area contributed by atoms with Crippen LogP contribution in [0.15, 0.2) is 18.3 Å². The quantitative estimate of drug-likeness (QED) is 0.853. The normalized spacial score (nSPS) is 19.7. The minimum absolute atomic E-state index is 0.0421. The van der Waals surface area contributed by atoms with Crippen molar-refractivity contribution in [1.29, 1.82) is 5.26 Å². The molecule has 5 heteroatoms. The van der Waals surface area contributed by atoms with Gasteiger partial charge in [-0.15, -0.1) is 0 Å². The minimum Gasteiger partial charge on any atom is -0.470 e. The van der Waals surface area contributed by atoms with E-state index in [2.05, 4.69) is 11.1 Å². The molecule has 1 amide bonds. The maximum absolute atomic E-state index is 12.3. The van der Waals surface area contributed by atoms with Crippen molar-refractivity contribution < 1.29 is 9.53 Å². The summed E-state index contributed by atoms with van der Waals surface area (Å²) in [7, 11) is 0. The van der Waals surface area contributed by atoms with E-state index in [-0.39, 0.29) is 17.9 Å². The van der Waals surface area contributed by atoms with E-state index in [1.807, 2.05) is 4.90 Å². The summed E-state index contributed by atoms with van der Waals surface area (Å²) in [4.78, 5) is 18.3. The molecule has 110 valence electrons.